The van der Waals surface area contributed by atoms with Crippen molar-refractivity contribution in [2.45, 2.75) is 39.4 Å². The summed E-state index contributed by atoms with van der Waals surface area (Å²) in [7, 11) is 0. The summed E-state index contributed by atoms with van der Waals surface area (Å²) in [5.41, 5.74) is 10.1. The summed E-state index contributed by atoms with van der Waals surface area (Å²) < 4.78 is 1.82. The van der Waals surface area contributed by atoms with Crippen LogP contribution in [-0.2, 0) is 13.1 Å². The molecule has 0 bridgehead atoms. The highest BCUT2D eigenvalue weighted by Gasteiger charge is 2.25. The number of aryl methyl sites for hydroxylation is 1. The zero-order chi connectivity index (χ0) is 24.1. The van der Waals surface area contributed by atoms with Gasteiger partial charge in [0.05, 0.1) is 23.5 Å². The van der Waals surface area contributed by atoms with E-state index in [1.807, 2.05) is 34.9 Å². The first kappa shape index (κ1) is 24.1. The Kier molecular flexibility index (Phi) is 7.78. The van der Waals surface area contributed by atoms with Crippen molar-refractivity contribution in [1.29, 1.82) is 0 Å². The van der Waals surface area contributed by atoms with E-state index in [9.17, 15) is 4.79 Å². The molecule has 1 heterocycles. The SMILES string of the molecule is CCC(c1nc2cc(Cl)ccc2c(=O)n1Cc1ccccc1)N(CCN)Cc1ccc(C)cc1. The molecule has 176 valence electrons. The first-order valence-electron chi connectivity index (χ1n) is 11.7. The number of halogens is 1. The van der Waals surface area contributed by atoms with Crippen molar-refractivity contribution < 1.29 is 0 Å². The first-order valence-corrected chi connectivity index (χ1v) is 12.1. The zero-order valence-corrected chi connectivity index (χ0v) is 20.5. The highest BCUT2D eigenvalue weighted by Crippen LogP contribution is 2.27. The van der Waals surface area contributed by atoms with Crippen molar-refractivity contribution in [2.24, 2.45) is 5.73 Å². The van der Waals surface area contributed by atoms with E-state index in [-0.39, 0.29) is 11.6 Å². The fourth-order valence-electron chi connectivity index (χ4n) is 4.43. The van der Waals surface area contributed by atoms with Crippen molar-refractivity contribution in [1.82, 2.24) is 14.5 Å². The highest BCUT2D eigenvalue weighted by molar-refractivity contribution is 6.31. The van der Waals surface area contributed by atoms with E-state index >= 15 is 0 Å². The van der Waals surface area contributed by atoms with Crippen LogP contribution in [0.5, 0.6) is 0 Å². The van der Waals surface area contributed by atoms with Crippen LogP contribution in [0.2, 0.25) is 5.02 Å². The number of fused-ring (bicyclic) bond motifs is 1. The Morgan fingerprint density at radius 1 is 1.03 bits per heavy atom. The molecule has 2 N–H and O–H groups in total. The van der Waals surface area contributed by atoms with Crippen molar-refractivity contribution >= 4 is 22.5 Å². The van der Waals surface area contributed by atoms with E-state index in [2.05, 4.69) is 43.0 Å². The average molecular weight is 475 g/mol. The van der Waals surface area contributed by atoms with Gasteiger partial charge in [0.25, 0.3) is 5.56 Å². The molecule has 6 heteroatoms. The summed E-state index contributed by atoms with van der Waals surface area (Å²) in [6, 6.07) is 23.8. The van der Waals surface area contributed by atoms with Gasteiger partial charge < -0.3 is 5.73 Å². The van der Waals surface area contributed by atoms with Gasteiger partial charge in [0.15, 0.2) is 0 Å². The van der Waals surface area contributed by atoms with Crippen LogP contribution in [-0.4, -0.2) is 27.5 Å². The van der Waals surface area contributed by atoms with Gasteiger partial charge in [-0.15, -0.1) is 0 Å². The lowest BCUT2D eigenvalue weighted by atomic mass is 10.1. The summed E-state index contributed by atoms with van der Waals surface area (Å²) in [5, 5.41) is 1.14. The molecule has 0 aliphatic carbocycles. The van der Waals surface area contributed by atoms with Gasteiger partial charge in [0.2, 0.25) is 0 Å². The molecule has 0 amide bonds. The van der Waals surface area contributed by atoms with Crippen LogP contribution in [0.1, 0.15) is 41.9 Å². The van der Waals surface area contributed by atoms with Crippen LogP contribution in [0, 0.1) is 6.92 Å². The number of aromatic nitrogens is 2. The first-order chi connectivity index (χ1) is 16.5. The maximum Gasteiger partial charge on any atom is 0.261 e. The van der Waals surface area contributed by atoms with Crippen molar-refractivity contribution in [3.63, 3.8) is 0 Å². The molecule has 0 aliphatic rings. The minimum absolute atomic E-state index is 0.0537. The maximum atomic E-state index is 13.7. The molecule has 4 aromatic rings. The minimum atomic E-state index is -0.0790. The molecular formula is C28H31ClN4O. The zero-order valence-electron chi connectivity index (χ0n) is 19.7. The lowest BCUT2D eigenvalue weighted by Gasteiger charge is -2.32. The second-order valence-electron chi connectivity index (χ2n) is 8.68. The predicted octanol–water partition coefficient (Wildman–Crippen LogP) is 5.32. The number of hydrogen-bond donors (Lipinski definition) is 1. The molecule has 0 aliphatic heterocycles. The molecule has 34 heavy (non-hydrogen) atoms. The Morgan fingerprint density at radius 3 is 2.44 bits per heavy atom. The van der Waals surface area contributed by atoms with Gasteiger partial charge in [-0.25, -0.2) is 4.98 Å². The van der Waals surface area contributed by atoms with E-state index in [1.165, 1.54) is 11.1 Å². The number of hydrogen-bond acceptors (Lipinski definition) is 4. The molecule has 5 nitrogen and oxygen atoms in total. The molecule has 4 rings (SSSR count). The number of rotatable bonds is 9. The lowest BCUT2D eigenvalue weighted by molar-refractivity contribution is 0.176. The molecule has 0 radical (unpaired) electrons. The average Bonchev–Trinajstić information content (AvgIpc) is 2.84. The van der Waals surface area contributed by atoms with Gasteiger partial charge in [-0.1, -0.05) is 78.7 Å². The van der Waals surface area contributed by atoms with E-state index in [0.29, 0.717) is 35.6 Å². The Balaban J connectivity index is 1.84. The Morgan fingerprint density at radius 2 is 1.76 bits per heavy atom. The Labute approximate surface area is 205 Å². The predicted molar refractivity (Wildman–Crippen MR) is 140 cm³/mol. The van der Waals surface area contributed by atoms with E-state index in [1.54, 1.807) is 18.2 Å². The van der Waals surface area contributed by atoms with Crippen LogP contribution in [0.4, 0.5) is 0 Å². The molecule has 1 atom stereocenters. The third-order valence-electron chi connectivity index (χ3n) is 6.18. The van der Waals surface area contributed by atoms with Crippen LogP contribution < -0.4 is 11.3 Å². The third-order valence-corrected chi connectivity index (χ3v) is 6.41. The van der Waals surface area contributed by atoms with Crippen molar-refractivity contribution in [3.05, 3.63) is 111 Å². The van der Waals surface area contributed by atoms with Crippen LogP contribution in [0.25, 0.3) is 10.9 Å². The minimum Gasteiger partial charge on any atom is -0.329 e. The smallest absolute Gasteiger partial charge is 0.261 e. The molecule has 1 aromatic heterocycles. The fraction of sp³-hybridized carbons (Fsp3) is 0.286. The molecular weight excluding hydrogens is 444 g/mol. The quantitative estimate of drug-likeness (QED) is 0.356. The summed E-state index contributed by atoms with van der Waals surface area (Å²) in [5.74, 6) is 0.742. The second kappa shape index (κ2) is 11.0. The topological polar surface area (TPSA) is 64.2 Å². The molecule has 0 fully saturated rings. The van der Waals surface area contributed by atoms with Crippen LogP contribution in [0.3, 0.4) is 0 Å². The molecule has 0 saturated heterocycles. The van der Waals surface area contributed by atoms with Crippen LogP contribution in [0.15, 0.2) is 77.6 Å². The lowest BCUT2D eigenvalue weighted by Crippen LogP contribution is -2.37. The summed E-state index contributed by atoms with van der Waals surface area (Å²) in [6.07, 6.45) is 0.791. The maximum absolute atomic E-state index is 13.7. The Bertz CT molecular complexity index is 1300. The van der Waals surface area contributed by atoms with Gasteiger partial charge in [0.1, 0.15) is 5.82 Å². The van der Waals surface area contributed by atoms with Gasteiger partial charge in [-0.3, -0.25) is 14.3 Å². The molecule has 0 saturated carbocycles. The summed E-state index contributed by atoms with van der Waals surface area (Å²) in [6.45, 7) is 6.61. The number of nitrogens with two attached hydrogens (primary N) is 1. The van der Waals surface area contributed by atoms with E-state index in [4.69, 9.17) is 22.3 Å². The van der Waals surface area contributed by atoms with Crippen LogP contribution >= 0.6 is 11.6 Å². The Hall–Kier alpha value is -2.99. The second-order valence-corrected chi connectivity index (χ2v) is 9.11. The number of benzene rings is 3. The molecule has 3 aromatic carbocycles. The number of nitrogens with zero attached hydrogens (tertiary/aromatic N) is 3. The third kappa shape index (κ3) is 5.39. The molecule has 1 unspecified atom stereocenters. The van der Waals surface area contributed by atoms with E-state index < -0.39 is 0 Å². The summed E-state index contributed by atoms with van der Waals surface area (Å²) in [4.78, 5) is 21.0. The van der Waals surface area contributed by atoms with Crippen molar-refractivity contribution in [3.8, 4) is 0 Å². The van der Waals surface area contributed by atoms with Gasteiger partial charge in [-0.05, 0) is 42.7 Å². The van der Waals surface area contributed by atoms with Gasteiger partial charge in [0, 0.05) is 24.7 Å². The monoisotopic (exact) mass is 474 g/mol. The molecule has 0 spiro atoms. The van der Waals surface area contributed by atoms with Gasteiger partial charge in [-0.2, -0.15) is 0 Å². The van der Waals surface area contributed by atoms with Crippen molar-refractivity contribution in [2.75, 3.05) is 13.1 Å². The van der Waals surface area contributed by atoms with E-state index in [0.717, 1.165) is 24.4 Å². The van der Waals surface area contributed by atoms with Gasteiger partial charge >= 0.3 is 0 Å². The summed E-state index contributed by atoms with van der Waals surface area (Å²) >= 11 is 6.26. The normalized spacial score (nSPS) is 12.4. The largest absolute Gasteiger partial charge is 0.329 e. The fourth-order valence-corrected chi connectivity index (χ4v) is 4.59. The standard InChI is InChI=1S/C28H31ClN4O/c1-3-26(32(16-15-30)18-22-11-9-20(2)10-12-22)27-31-25-17-23(29)13-14-24(25)28(34)33(27)19-21-7-5-4-6-8-21/h4-14,17,26H,3,15-16,18-19,30H2,1-2H3. The highest BCUT2D eigenvalue weighted by atomic mass is 35.5.